The Balaban J connectivity index is 2.36. The zero-order chi connectivity index (χ0) is 15.6. The molecular weight excluding hydrogens is 306 g/mol. The van der Waals surface area contributed by atoms with Crippen LogP contribution >= 0.6 is 0 Å². The van der Waals surface area contributed by atoms with Crippen molar-refractivity contribution in [2.45, 2.75) is 24.2 Å². The van der Waals surface area contributed by atoms with E-state index in [4.69, 9.17) is 5.11 Å². The maximum Gasteiger partial charge on any atom is 0.335 e. The van der Waals surface area contributed by atoms with Crippen molar-refractivity contribution in [1.29, 1.82) is 0 Å². The van der Waals surface area contributed by atoms with Gasteiger partial charge in [0.2, 0.25) is 0 Å². The average molecular weight is 320 g/mol. The van der Waals surface area contributed by atoms with Gasteiger partial charge in [-0.15, -0.1) is 4.83 Å². The molecule has 2 rings (SSSR count). The smallest absolute Gasteiger partial charge is 0.335 e. The standard InChI is InChI=1S/C12H14F2N2O4S/c13-9-6-8(12(17)18)7-10(11(9)14)21(19,20)15-16-4-2-1-3-5-16/h6-7,15H,1-5H2,(H,17,18). The van der Waals surface area contributed by atoms with E-state index < -0.39 is 38.1 Å². The summed E-state index contributed by atoms with van der Waals surface area (Å²) in [6.07, 6.45) is 2.54. The summed E-state index contributed by atoms with van der Waals surface area (Å²) in [6.45, 7) is 0.921. The van der Waals surface area contributed by atoms with Crippen LogP contribution in [0.15, 0.2) is 17.0 Å². The molecule has 0 saturated carbocycles. The van der Waals surface area contributed by atoms with Gasteiger partial charge in [0, 0.05) is 13.1 Å². The van der Waals surface area contributed by atoms with Crippen LogP contribution in [0.2, 0.25) is 0 Å². The molecular formula is C12H14F2N2O4S. The SMILES string of the molecule is O=C(O)c1cc(F)c(F)c(S(=O)(=O)NN2CCCCC2)c1. The molecule has 0 spiro atoms. The first-order chi connectivity index (χ1) is 9.81. The summed E-state index contributed by atoms with van der Waals surface area (Å²) >= 11 is 0. The Bertz CT molecular complexity index is 657. The number of benzene rings is 1. The molecule has 1 aliphatic heterocycles. The highest BCUT2D eigenvalue weighted by atomic mass is 32.2. The molecule has 21 heavy (non-hydrogen) atoms. The van der Waals surface area contributed by atoms with Crippen molar-refractivity contribution < 1.29 is 27.1 Å². The van der Waals surface area contributed by atoms with E-state index in [2.05, 4.69) is 4.83 Å². The third kappa shape index (κ3) is 3.55. The molecule has 0 aromatic heterocycles. The van der Waals surface area contributed by atoms with Crippen LogP contribution < -0.4 is 4.83 Å². The first-order valence-corrected chi connectivity index (χ1v) is 7.79. The second-order valence-corrected chi connectivity index (χ2v) is 6.35. The van der Waals surface area contributed by atoms with E-state index in [0.717, 1.165) is 19.3 Å². The largest absolute Gasteiger partial charge is 0.478 e. The molecule has 0 atom stereocenters. The molecule has 6 nitrogen and oxygen atoms in total. The summed E-state index contributed by atoms with van der Waals surface area (Å²) in [4.78, 5) is 12.0. The van der Waals surface area contributed by atoms with Gasteiger partial charge < -0.3 is 5.11 Å². The fourth-order valence-corrected chi connectivity index (χ4v) is 3.32. The van der Waals surface area contributed by atoms with E-state index in [1.165, 1.54) is 5.01 Å². The fraction of sp³-hybridized carbons (Fsp3) is 0.417. The lowest BCUT2D eigenvalue weighted by molar-refractivity contribution is 0.0696. The number of hydrogen-bond acceptors (Lipinski definition) is 4. The van der Waals surface area contributed by atoms with Gasteiger partial charge in [0.15, 0.2) is 11.6 Å². The lowest BCUT2D eigenvalue weighted by Gasteiger charge is -2.26. The highest BCUT2D eigenvalue weighted by Crippen LogP contribution is 2.20. The van der Waals surface area contributed by atoms with E-state index in [0.29, 0.717) is 25.2 Å². The highest BCUT2D eigenvalue weighted by Gasteiger charge is 2.27. The Morgan fingerprint density at radius 2 is 1.81 bits per heavy atom. The highest BCUT2D eigenvalue weighted by molar-refractivity contribution is 7.89. The molecule has 0 aliphatic carbocycles. The number of nitrogens with one attached hydrogen (secondary N) is 1. The summed E-state index contributed by atoms with van der Waals surface area (Å²) < 4.78 is 51.2. The van der Waals surface area contributed by atoms with Gasteiger partial charge in [-0.05, 0) is 25.0 Å². The van der Waals surface area contributed by atoms with Crippen molar-refractivity contribution in [3.8, 4) is 0 Å². The van der Waals surface area contributed by atoms with Gasteiger partial charge in [-0.2, -0.15) is 0 Å². The molecule has 2 N–H and O–H groups in total. The van der Waals surface area contributed by atoms with E-state index in [-0.39, 0.29) is 0 Å². The van der Waals surface area contributed by atoms with Crippen molar-refractivity contribution in [3.63, 3.8) is 0 Å². The number of sulfonamides is 1. The third-order valence-electron chi connectivity index (χ3n) is 3.14. The van der Waals surface area contributed by atoms with Crippen LogP contribution in [0.25, 0.3) is 0 Å². The summed E-state index contributed by atoms with van der Waals surface area (Å²) in [5.74, 6) is -4.65. The summed E-state index contributed by atoms with van der Waals surface area (Å²) in [5, 5.41) is 10.2. The Kier molecular flexibility index (Phi) is 4.55. The predicted octanol–water partition coefficient (Wildman–Crippen LogP) is 1.34. The number of rotatable bonds is 4. The van der Waals surface area contributed by atoms with Gasteiger partial charge in [-0.1, -0.05) is 6.42 Å². The van der Waals surface area contributed by atoms with E-state index in [1.807, 2.05) is 0 Å². The molecule has 0 amide bonds. The van der Waals surface area contributed by atoms with Crippen molar-refractivity contribution in [3.05, 3.63) is 29.3 Å². The molecule has 1 aromatic rings. The number of hydrogen-bond donors (Lipinski definition) is 2. The topological polar surface area (TPSA) is 86.7 Å². The van der Waals surface area contributed by atoms with Crippen LogP contribution in [-0.2, 0) is 10.0 Å². The van der Waals surface area contributed by atoms with Gasteiger partial charge in [-0.3, -0.25) is 0 Å². The fourth-order valence-electron chi connectivity index (χ4n) is 2.09. The molecule has 1 aromatic carbocycles. The Morgan fingerprint density at radius 1 is 1.19 bits per heavy atom. The first-order valence-electron chi connectivity index (χ1n) is 6.31. The summed E-state index contributed by atoms with van der Waals surface area (Å²) in [5.41, 5.74) is -0.632. The van der Waals surface area contributed by atoms with Crippen LogP contribution in [0, 0.1) is 11.6 Å². The van der Waals surface area contributed by atoms with Crippen molar-refractivity contribution in [2.75, 3.05) is 13.1 Å². The van der Waals surface area contributed by atoms with Gasteiger partial charge in [0.1, 0.15) is 4.90 Å². The summed E-state index contributed by atoms with van der Waals surface area (Å²) in [6, 6.07) is 1.05. The van der Waals surface area contributed by atoms with Gasteiger partial charge in [-0.25, -0.2) is 27.0 Å². The number of halogens is 2. The third-order valence-corrected chi connectivity index (χ3v) is 4.51. The van der Waals surface area contributed by atoms with Crippen LogP contribution in [0.5, 0.6) is 0 Å². The number of carboxylic acids is 1. The lowest BCUT2D eigenvalue weighted by Crippen LogP contribution is -2.45. The maximum absolute atomic E-state index is 13.7. The van der Waals surface area contributed by atoms with Gasteiger partial charge in [0.25, 0.3) is 10.0 Å². The van der Waals surface area contributed by atoms with Crippen molar-refractivity contribution in [2.24, 2.45) is 0 Å². The lowest BCUT2D eigenvalue weighted by atomic mass is 10.2. The molecule has 1 fully saturated rings. The van der Waals surface area contributed by atoms with Crippen LogP contribution in [0.1, 0.15) is 29.6 Å². The number of hydrazine groups is 1. The number of piperidine rings is 1. The molecule has 1 heterocycles. The number of aromatic carboxylic acids is 1. The van der Waals surface area contributed by atoms with Gasteiger partial charge >= 0.3 is 5.97 Å². The van der Waals surface area contributed by atoms with E-state index in [1.54, 1.807) is 0 Å². The molecule has 1 saturated heterocycles. The zero-order valence-electron chi connectivity index (χ0n) is 11.0. The monoisotopic (exact) mass is 320 g/mol. The van der Waals surface area contributed by atoms with E-state index >= 15 is 0 Å². The Labute approximate surface area is 120 Å². The minimum absolute atomic E-state index is 0.442. The Hall–Kier alpha value is -1.58. The molecule has 0 bridgehead atoms. The predicted molar refractivity (Wildman–Crippen MR) is 69.1 cm³/mol. The van der Waals surface area contributed by atoms with Crippen molar-refractivity contribution in [1.82, 2.24) is 9.84 Å². The summed E-state index contributed by atoms with van der Waals surface area (Å²) in [7, 11) is -4.37. The molecule has 9 heteroatoms. The minimum Gasteiger partial charge on any atom is -0.478 e. The number of nitrogens with zero attached hydrogens (tertiary/aromatic N) is 1. The molecule has 0 radical (unpaired) electrons. The number of carbonyl (C=O) groups is 1. The second-order valence-electron chi connectivity index (χ2n) is 4.72. The normalized spacial score (nSPS) is 16.9. The maximum atomic E-state index is 13.7. The number of carboxylic acid groups (broad SMARTS) is 1. The van der Waals surface area contributed by atoms with Crippen LogP contribution in [-0.4, -0.2) is 37.6 Å². The average Bonchev–Trinajstić information content (AvgIpc) is 2.41. The van der Waals surface area contributed by atoms with E-state index in [9.17, 15) is 22.0 Å². The van der Waals surface area contributed by atoms with Crippen molar-refractivity contribution >= 4 is 16.0 Å². The second kappa shape index (κ2) is 6.04. The minimum atomic E-state index is -4.37. The van der Waals surface area contributed by atoms with Crippen LogP contribution in [0.4, 0.5) is 8.78 Å². The molecule has 116 valence electrons. The zero-order valence-corrected chi connectivity index (χ0v) is 11.8. The van der Waals surface area contributed by atoms with Gasteiger partial charge in [0.05, 0.1) is 5.56 Å². The Morgan fingerprint density at radius 3 is 2.38 bits per heavy atom. The quantitative estimate of drug-likeness (QED) is 0.874. The molecule has 0 unspecified atom stereocenters. The van der Waals surface area contributed by atoms with Crippen LogP contribution in [0.3, 0.4) is 0 Å². The first kappa shape index (κ1) is 15.8. The molecule has 1 aliphatic rings.